The molecule has 29 heavy (non-hydrogen) atoms. The van der Waals surface area contributed by atoms with Gasteiger partial charge < -0.3 is 10.2 Å². The van der Waals surface area contributed by atoms with Crippen LogP contribution in [0.15, 0.2) is 4.79 Å². The molecule has 1 N–H and O–H groups in total. The Morgan fingerprint density at radius 3 is 2.55 bits per heavy atom. The van der Waals surface area contributed by atoms with E-state index in [1.807, 2.05) is 20.8 Å². The summed E-state index contributed by atoms with van der Waals surface area (Å²) in [4.78, 5) is 33.0. The molecular formula is C21H31N5O2S. The first-order valence-corrected chi connectivity index (χ1v) is 11.1. The number of thiazole rings is 1. The number of carbonyl (C=O) groups excluding carboxylic acids is 1. The van der Waals surface area contributed by atoms with Crippen LogP contribution in [-0.4, -0.2) is 51.8 Å². The molecule has 1 aliphatic rings. The van der Waals surface area contributed by atoms with Crippen molar-refractivity contribution in [2.75, 3.05) is 26.2 Å². The zero-order valence-corrected chi connectivity index (χ0v) is 18.9. The van der Waals surface area contributed by atoms with Gasteiger partial charge in [0.15, 0.2) is 0 Å². The van der Waals surface area contributed by atoms with Crippen molar-refractivity contribution in [1.29, 1.82) is 0 Å². The van der Waals surface area contributed by atoms with Crippen molar-refractivity contribution in [1.82, 2.24) is 25.0 Å². The predicted molar refractivity (Wildman–Crippen MR) is 117 cm³/mol. The molecule has 2 aromatic rings. The first-order valence-electron chi connectivity index (χ1n) is 10.3. The van der Waals surface area contributed by atoms with Crippen LogP contribution in [0, 0.1) is 26.7 Å². The molecule has 3 heterocycles. The second kappa shape index (κ2) is 9.17. The van der Waals surface area contributed by atoms with E-state index in [1.54, 1.807) is 7.05 Å². The topological polar surface area (TPSA) is 80.1 Å². The Kier molecular flexibility index (Phi) is 6.85. The smallest absolute Gasteiger partial charge is 0.277 e. The molecule has 1 amide bonds. The van der Waals surface area contributed by atoms with E-state index in [-0.39, 0.29) is 11.5 Å². The summed E-state index contributed by atoms with van der Waals surface area (Å²) in [7, 11) is 1.64. The number of nitrogens with one attached hydrogen (secondary N) is 1. The second-order valence-electron chi connectivity index (χ2n) is 8.12. The van der Waals surface area contributed by atoms with Crippen LogP contribution in [0.25, 0.3) is 10.6 Å². The second-order valence-corrected chi connectivity index (χ2v) is 9.12. The first-order chi connectivity index (χ1) is 13.8. The van der Waals surface area contributed by atoms with E-state index in [0.29, 0.717) is 33.6 Å². The molecule has 1 unspecified atom stereocenters. The monoisotopic (exact) mass is 417 g/mol. The average Bonchev–Trinajstić information content (AvgIpc) is 3.07. The number of likely N-dealkylation sites (tertiary alicyclic amines) is 1. The summed E-state index contributed by atoms with van der Waals surface area (Å²) in [5.41, 5.74) is 2.59. The van der Waals surface area contributed by atoms with Crippen LogP contribution in [0.4, 0.5) is 0 Å². The van der Waals surface area contributed by atoms with Gasteiger partial charge in [0.05, 0.1) is 17.0 Å². The first kappa shape index (κ1) is 21.6. The molecule has 1 atom stereocenters. The van der Waals surface area contributed by atoms with E-state index in [4.69, 9.17) is 0 Å². The zero-order valence-electron chi connectivity index (χ0n) is 18.0. The standard InChI is InChI=1S/C21H31N5O2S/c1-13(12-26-9-7-6-8-10-26)11-22-19(27)18-16(4)23-20(29-18)17-14(2)15(3)24-25(5)21(17)28/h13H,6-12H2,1-5H3,(H,22,27). The Labute approximate surface area is 176 Å². The largest absolute Gasteiger partial charge is 0.351 e. The maximum Gasteiger partial charge on any atom is 0.277 e. The molecule has 2 aromatic heterocycles. The zero-order chi connectivity index (χ0) is 21.1. The number of carbonyl (C=O) groups is 1. The fraction of sp³-hybridized carbons (Fsp3) is 0.619. The molecule has 1 fully saturated rings. The number of aromatic nitrogens is 3. The summed E-state index contributed by atoms with van der Waals surface area (Å²) < 4.78 is 1.33. The van der Waals surface area contributed by atoms with Crippen LogP contribution in [0.2, 0.25) is 0 Å². The van der Waals surface area contributed by atoms with Gasteiger partial charge >= 0.3 is 0 Å². The van der Waals surface area contributed by atoms with Crippen LogP contribution < -0.4 is 10.9 Å². The minimum absolute atomic E-state index is 0.114. The summed E-state index contributed by atoms with van der Waals surface area (Å²) in [6.45, 7) is 11.7. The van der Waals surface area contributed by atoms with Crippen molar-refractivity contribution in [3.05, 3.63) is 32.2 Å². The third-order valence-corrected chi connectivity index (χ3v) is 6.75. The lowest BCUT2D eigenvalue weighted by Crippen LogP contribution is -2.38. The Hall–Kier alpha value is -2.06. The van der Waals surface area contributed by atoms with Crippen LogP contribution in [-0.2, 0) is 7.05 Å². The quantitative estimate of drug-likeness (QED) is 0.782. The highest BCUT2D eigenvalue weighted by atomic mass is 32.1. The van der Waals surface area contributed by atoms with Gasteiger partial charge in [-0.2, -0.15) is 5.10 Å². The van der Waals surface area contributed by atoms with E-state index < -0.39 is 0 Å². The normalized spacial score (nSPS) is 16.0. The van der Waals surface area contributed by atoms with Gasteiger partial charge in [0.1, 0.15) is 9.88 Å². The lowest BCUT2D eigenvalue weighted by molar-refractivity contribution is 0.0946. The molecular weight excluding hydrogens is 386 g/mol. The number of piperidine rings is 1. The highest BCUT2D eigenvalue weighted by Gasteiger charge is 2.21. The lowest BCUT2D eigenvalue weighted by atomic mass is 10.1. The molecule has 0 bridgehead atoms. The highest BCUT2D eigenvalue weighted by molar-refractivity contribution is 7.17. The number of amides is 1. The third-order valence-electron chi connectivity index (χ3n) is 5.57. The lowest BCUT2D eigenvalue weighted by Gasteiger charge is -2.29. The van der Waals surface area contributed by atoms with Gasteiger partial charge in [-0.3, -0.25) is 9.59 Å². The van der Waals surface area contributed by atoms with Crippen molar-refractivity contribution in [2.24, 2.45) is 13.0 Å². The van der Waals surface area contributed by atoms with E-state index in [1.165, 1.54) is 35.3 Å². The van der Waals surface area contributed by atoms with Gasteiger partial charge in [-0.1, -0.05) is 13.3 Å². The van der Waals surface area contributed by atoms with Gasteiger partial charge in [-0.05, 0) is 58.2 Å². The van der Waals surface area contributed by atoms with Gasteiger partial charge in [0.2, 0.25) is 0 Å². The molecule has 1 saturated heterocycles. The van der Waals surface area contributed by atoms with Crippen LogP contribution in [0.1, 0.15) is 52.8 Å². The molecule has 0 spiro atoms. The average molecular weight is 418 g/mol. The number of hydrogen-bond donors (Lipinski definition) is 1. The van der Waals surface area contributed by atoms with E-state index in [2.05, 4.69) is 27.2 Å². The Balaban J connectivity index is 1.70. The SMILES string of the molecule is Cc1nc(-c2c(C)c(C)nn(C)c2=O)sc1C(=O)NCC(C)CN1CCCCC1. The molecule has 158 valence electrons. The summed E-state index contributed by atoms with van der Waals surface area (Å²) in [6.07, 6.45) is 3.87. The molecule has 8 heteroatoms. The van der Waals surface area contributed by atoms with Crippen LogP contribution in [0.5, 0.6) is 0 Å². The van der Waals surface area contributed by atoms with Crippen molar-refractivity contribution in [3.63, 3.8) is 0 Å². The summed E-state index contributed by atoms with van der Waals surface area (Å²) in [5.74, 6) is 0.277. The minimum atomic E-state index is -0.191. The van der Waals surface area contributed by atoms with Gasteiger partial charge in [-0.15, -0.1) is 11.3 Å². The Morgan fingerprint density at radius 2 is 1.86 bits per heavy atom. The minimum Gasteiger partial charge on any atom is -0.351 e. The van der Waals surface area contributed by atoms with E-state index in [9.17, 15) is 9.59 Å². The number of aryl methyl sites for hydroxylation is 3. The molecule has 1 aliphatic heterocycles. The number of hydrogen-bond acceptors (Lipinski definition) is 6. The van der Waals surface area contributed by atoms with E-state index in [0.717, 1.165) is 30.9 Å². The van der Waals surface area contributed by atoms with Gasteiger partial charge in [0, 0.05) is 20.1 Å². The number of rotatable bonds is 6. The van der Waals surface area contributed by atoms with Gasteiger partial charge in [-0.25, -0.2) is 9.67 Å². The number of nitrogens with zero attached hydrogens (tertiary/aromatic N) is 4. The van der Waals surface area contributed by atoms with Gasteiger partial charge in [0.25, 0.3) is 11.5 Å². The van der Waals surface area contributed by atoms with Crippen molar-refractivity contribution < 1.29 is 4.79 Å². The Bertz CT molecular complexity index is 943. The van der Waals surface area contributed by atoms with Crippen LogP contribution in [0.3, 0.4) is 0 Å². The molecule has 3 rings (SSSR count). The van der Waals surface area contributed by atoms with Crippen LogP contribution >= 0.6 is 11.3 Å². The van der Waals surface area contributed by atoms with Crippen molar-refractivity contribution in [2.45, 2.75) is 47.0 Å². The fourth-order valence-electron chi connectivity index (χ4n) is 3.81. The maximum atomic E-state index is 12.8. The molecule has 0 radical (unpaired) electrons. The Morgan fingerprint density at radius 1 is 1.17 bits per heavy atom. The fourth-order valence-corrected chi connectivity index (χ4v) is 4.89. The molecule has 7 nitrogen and oxygen atoms in total. The van der Waals surface area contributed by atoms with E-state index >= 15 is 0 Å². The van der Waals surface area contributed by atoms with Crippen molar-refractivity contribution in [3.8, 4) is 10.6 Å². The third kappa shape index (κ3) is 4.93. The maximum absolute atomic E-state index is 12.8. The molecule has 0 saturated carbocycles. The highest BCUT2D eigenvalue weighted by Crippen LogP contribution is 2.28. The summed E-state index contributed by atoms with van der Waals surface area (Å²) >= 11 is 1.28. The predicted octanol–water partition coefficient (Wildman–Crippen LogP) is 2.68. The van der Waals surface area contributed by atoms with Crippen molar-refractivity contribution >= 4 is 17.2 Å². The molecule has 0 aliphatic carbocycles. The molecule has 0 aromatic carbocycles. The summed E-state index contributed by atoms with van der Waals surface area (Å²) in [5, 5.41) is 7.85. The summed E-state index contributed by atoms with van der Waals surface area (Å²) in [6, 6.07) is 0.